The maximum absolute atomic E-state index is 12.3. The van der Waals surface area contributed by atoms with Crippen molar-refractivity contribution in [3.8, 4) is 23.0 Å². The average molecular weight is 1200 g/mol. The maximum Gasteiger partial charge on any atom is 0.407 e. The summed E-state index contributed by atoms with van der Waals surface area (Å²) >= 11 is 0. The molecule has 0 fully saturated rings. The Morgan fingerprint density at radius 1 is 0.326 bits per heavy atom. The summed E-state index contributed by atoms with van der Waals surface area (Å²) in [7, 11) is 0. The lowest BCUT2D eigenvalue weighted by Gasteiger charge is -2.30. The van der Waals surface area contributed by atoms with Gasteiger partial charge < -0.3 is 78.1 Å². The number of amides is 4. The largest absolute Gasteiger partial charge is 0.490 e. The Labute approximate surface area is 501 Å². The molecule has 0 aliphatic heterocycles. The molecule has 4 amide bonds. The third-order valence-electron chi connectivity index (χ3n) is 11.8. The molecule has 24 nitrogen and oxygen atoms in total. The fourth-order valence-electron chi connectivity index (χ4n) is 7.45. The minimum Gasteiger partial charge on any atom is -0.490 e. The molecular formula is C62H80N4O20. The van der Waals surface area contributed by atoms with Crippen molar-refractivity contribution < 1.29 is 95.2 Å². The van der Waals surface area contributed by atoms with Crippen LogP contribution in [0.1, 0.15) is 82.6 Å². The van der Waals surface area contributed by atoms with Crippen LogP contribution in [0, 0.1) is 17.8 Å². The summed E-state index contributed by atoms with van der Waals surface area (Å²) < 4.78 is 65.0. The van der Waals surface area contributed by atoms with E-state index in [2.05, 4.69) is 27.8 Å². The van der Waals surface area contributed by atoms with Gasteiger partial charge in [-0.05, 0) is 77.7 Å². The van der Waals surface area contributed by atoms with Gasteiger partial charge in [0.15, 0.2) is 0 Å². The van der Waals surface area contributed by atoms with Gasteiger partial charge in [0.25, 0.3) is 0 Å². The smallest absolute Gasteiger partial charge is 0.407 e. The van der Waals surface area contributed by atoms with Crippen LogP contribution in [0.15, 0.2) is 109 Å². The monoisotopic (exact) mass is 1200 g/mol. The molecule has 0 aromatic heterocycles. The number of carbonyl (C=O) groups excluding carboxylic acids is 8. The maximum atomic E-state index is 12.3. The summed E-state index contributed by atoms with van der Waals surface area (Å²) in [5.41, 5.74) is 3.75. The van der Waals surface area contributed by atoms with Crippen LogP contribution in [0.3, 0.4) is 0 Å². The predicted molar refractivity (Wildman–Crippen MR) is 312 cm³/mol. The second-order valence-corrected chi connectivity index (χ2v) is 19.8. The third kappa shape index (κ3) is 27.0. The molecule has 0 bridgehead atoms. The highest BCUT2D eigenvalue weighted by atomic mass is 16.6. The number of benzene rings is 4. The topological polar surface area (TPSA) is 295 Å². The van der Waals surface area contributed by atoms with Crippen molar-refractivity contribution >= 4 is 48.3 Å². The summed E-state index contributed by atoms with van der Waals surface area (Å²) in [4.78, 5) is 95.7. The molecule has 0 aliphatic rings. The molecule has 0 saturated heterocycles. The normalized spacial score (nSPS) is 11.1. The number of carbonyl (C=O) groups is 8. The number of nitrogens with one attached hydrogen (secondary N) is 4. The summed E-state index contributed by atoms with van der Waals surface area (Å²) in [5, 5.41) is 10.1. The van der Waals surface area contributed by atoms with Crippen LogP contribution in [0.25, 0.3) is 0 Å². The van der Waals surface area contributed by atoms with Crippen molar-refractivity contribution in [2.75, 3.05) is 105 Å². The van der Waals surface area contributed by atoms with E-state index in [1.54, 1.807) is 41.5 Å². The van der Waals surface area contributed by atoms with Crippen molar-refractivity contribution in [2.45, 2.75) is 60.3 Å². The Morgan fingerprint density at radius 3 is 0.756 bits per heavy atom. The zero-order chi connectivity index (χ0) is 62.6. The second kappa shape index (κ2) is 38.6. The van der Waals surface area contributed by atoms with E-state index in [0.29, 0.717) is 23.0 Å². The van der Waals surface area contributed by atoms with Gasteiger partial charge in [-0.3, -0.25) is 14.4 Å². The average Bonchev–Trinajstić information content (AvgIpc) is 2.23. The molecule has 86 heavy (non-hydrogen) atoms. The lowest BCUT2D eigenvalue weighted by Crippen LogP contribution is -2.30. The summed E-state index contributed by atoms with van der Waals surface area (Å²) in [5.74, 6) is -1.32. The summed E-state index contributed by atoms with van der Waals surface area (Å²) in [6.45, 7) is 15.5. The van der Waals surface area contributed by atoms with Gasteiger partial charge in [-0.15, -0.1) is 0 Å². The Balaban J connectivity index is 1.55. The predicted octanol–water partition coefficient (Wildman–Crippen LogP) is 7.79. The van der Waals surface area contributed by atoms with E-state index >= 15 is 0 Å². The quantitative estimate of drug-likeness (QED) is 0.0145. The number of ether oxygens (including phenoxy) is 12. The fourth-order valence-corrected chi connectivity index (χ4v) is 7.45. The molecular weight excluding hydrogens is 1120 g/mol. The van der Waals surface area contributed by atoms with Crippen molar-refractivity contribution in [1.29, 1.82) is 0 Å². The Hall–Kier alpha value is -9.22. The van der Waals surface area contributed by atoms with Crippen LogP contribution in [0.4, 0.5) is 19.2 Å². The zero-order valence-corrected chi connectivity index (χ0v) is 49.8. The second-order valence-electron chi connectivity index (χ2n) is 19.8. The number of hydrogen-bond donors (Lipinski definition) is 4. The zero-order valence-electron chi connectivity index (χ0n) is 49.8. The summed E-state index contributed by atoms with van der Waals surface area (Å²) in [6.07, 6.45) is -2.78. The molecule has 0 radical (unpaired) electrons. The SMILES string of the molecule is C=C(C)C(=O)OCCNC(=O)OCCOc1ccc(C(c2ccc(OCCOC(=O)NCCOC(=O)C(C)C)cc2)C(c2ccc(OCCOC(=O)NCCOC(=O)C(C)C)cc2)c2ccc(OCCOC(=O)NCCOC(=O)C(C)C)cc2)cc1. The minimum absolute atomic E-state index is 0.00921. The van der Waals surface area contributed by atoms with E-state index in [1.165, 1.54) is 6.92 Å². The first-order valence-electron chi connectivity index (χ1n) is 28.2. The van der Waals surface area contributed by atoms with Gasteiger partial charge in [-0.2, -0.15) is 0 Å². The van der Waals surface area contributed by atoms with E-state index < -0.39 is 42.2 Å². The molecule has 4 aromatic carbocycles. The van der Waals surface area contributed by atoms with E-state index in [4.69, 9.17) is 56.8 Å². The number of rotatable bonds is 37. The molecule has 4 N–H and O–H groups in total. The van der Waals surface area contributed by atoms with Crippen molar-refractivity contribution in [3.05, 3.63) is 131 Å². The Bertz CT molecular complexity index is 2660. The van der Waals surface area contributed by atoms with Crippen LogP contribution in [-0.4, -0.2) is 154 Å². The van der Waals surface area contributed by atoms with E-state index in [-0.39, 0.29) is 147 Å². The molecule has 4 rings (SSSR count). The van der Waals surface area contributed by atoms with E-state index in [9.17, 15) is 38.4 Å². The molecule has 0 spiro atoms. The van der Waals surface area contributed by atoms with E-state index in [1.807, 2.05) is 97.1 Å². The third-order valence-corrected chi connectivity index (χ3v) is 11.8. The van der Waals surface area contributed by atoms with Crippen LogP contribution >= 0.6 is 0 Å². The number of alkyl carbamates (subject to hydrolysis) is 4. The van der Waals surface area contributed by atoms with E-state index in [0.717, 1.165) is 22.3 Å². The van der Waals surface area contributed by atoms with Gasteiger partial charge in [0.05, 0.1) is 43.9 Å². The Morgan fingerprint density at radius 2 is 0.547 bits per heavy atom. The molecule has 24 heteroatoms. The number of hydrogen-bond acceptors (Lipinski definition) is 20. The highest BCUT2D eigenvalue weighted by Crippen LogP contribution is 2.44. The van der Waals surface area contributed by atoms with Gasteiger partial charge in [-0.1, -0.05) is 96.7 Å². The van der Waals surface area contributed by atoms with Gasteiger partial charge in [0, 0.05) is 17.4 Å². The Kier molecular flexibility index (Phi) is 31.1. The lowest BCUT2D eigenvalue weighted by atomic mass is 9.73. The molecule has 4 aromatic rings. The van der Waals surface area contributed by atoms with Crippen LogP contribution in [0.5, 0.6) is 23.0 Å². The first-order valence-corrected chi connectivity index (χ1v) is 28.2. The molecule has 1 unspecified atom stereocenters. The highest BCUT2D eigenvalue weighted by Gasteiger charge is 2.29. The first kappa shape index (κ1) is 69.3. The molecule has 0 aliphatic carbocycles. The minimum atomic E-state index is -0.710. The molecule has 0 heterocycles. The van der Waals surface area contributed by atoms with Gasteiger partial charge in [-0.25, -0.2) is 24.0 Å². The van der Waals surface area contributed by atoms with Crippen LogP contribution < -0.4 is 40.2 Å². The molecule has 0 saturated carbocycles. The van der Waals surface area contributed by atoms with Crippen molar-refractivity contribution in [3.63, 3.8) is 0 Å². The van der Waals surface area contributed by atoms with Crippen molar-refractivity contribution in [1.82, 2.24) is 21.3 Å². The molecule has 468 valence electrons. The van der Waals surface area contributed by atoms with Crippen LogP contribution in [0.2, 0.25) is 0 Å². The number of esters is 4. The summed E-state index contributed by atoms with van der Waals surface area (Å²) in [6, 6.07) is 30.0. The fraction of sp³-hybridized carbons (Fsp3) is 0.452. The highest BCUT2D eigenvalue weighted by molar-refractivity contribution is 5.87. The standard InChI is InChI=1S/C62H80N4O20/c1-41(2)55(67)79-29-25-63-59(71)83-37-33-75-49-17-9-45(10-18-49)53(46-11-19-50(20-12-46)76-34-38-84-60(72)64-26-30-80-56(68)42(3)4)54(47-13-21-51(22-14-47)77-35-39-85-61(73)65-27-31-81-57(69)43(5)6)48-15-23-52(24-16-48)78-36-40-86-62(74)66-28-32-82-58(70)44(7)8/h9-24,42-44,53-54H,1,25-40H2,2-8H3,(H,63,71)(H,64,72)(H,65,73)(H,66,74). The van der Waals surface area contributed by atoms with Gasteiger partial charge in [0.2, 0.25) is 0 Å². The van der Waals surface area contributed by atoms with Gasteiger partial charge >= 0.3 is 48.3 Å². The van der Waals surface area contributed by atoms with Crippen LogP contribution in [-0.2, 0) is 57.1 Å². The van der Waals surface area contributed by atoms with Crippen molar-refractivity contribution in [2.24, 2.45) is 17.8 Å². The lowest BCUT2D eigenvalue weighted by molar-refractivity contribution is -0.147. The first-order chi connectivity index (χ1) is 41.3. The molecule has 1 atom stereocenters. The van der Waals surface area contributed by atoms with Gasteiger partial charge in [0.1, 0.15) is 102 Å².